The number of likely N-dealkylation sites (tertiary alicyclic amines) is 1. The van der Waals surface area contributed by atoms with Crippen LogP contribution in [0.25, 0.3) is 11.1 Å². The van der Waals surface area contributed by atoms with Gasteiger partial charge in [0.2, 0.25) is 0 Å². The van der Waals surface area contributed by atoms with Crippen LogP contribution in [0.3, 0.4) is 0 Å². The molecule has 0 spiro atoms. The van der Waals surface area contributed by atoms with E-state index in [1.54, 1.807) is 4.90 Å². The molecule has 0 aromatic heterocycles. The third-order valence-electron chi connectivity index (χ3n) is 7.52. The minimum absolute atomic E-state index is 0.0394. The lowest BCUT2D eigenvalue weighted by molar-refractivity contribution is -0.151. The Labute approximate surface area is 204 Å². The van der Waals surface area contributed by atoms with Gasteiger partial charge in [-0.15, -0.1) is 0 Å². The van der Waals surface area contributed by atoms with Crippen LogP contribution in [0.1, 0.15) is 36.8 Å². The van der Waals surface area contributed by atoms with Crippen LogP contribution < -0.4 is 5.32 Å². The van der Waals surface area contributed by atoms with Crippen LogP contribution in [-0.2, 0) is 19.1 Å². The molecule has 0 saturated carbocycles. The van der Waals surface area contributed by atoms with Crippen LogP contribution in [0.15, 0.2) is 48.5 Å². The topological polar surface area (TPSA) is 105 Å². The molecule has 3 aliphatic rings. The molecule has 1 aliphatic carbocycles. The van der Waals surface area contributed by atoms with E-state index in [1.807, 2.05) is 31.2 Å². The Hall–Kier alpha value is -3.39. The van der Waals surface area contributed by atoms with E-state index < -0.39 is 30.1 Å². The summed E-state index contributed by atoms with van der Waals surface area (Å²) in [7, 11) is 0. The Morgan fingerprint density at radius 3 is 2.34 bits per heavy atom. The monoisotopic (exact) mass is 478 g/mol. The summed E-state index contributed by atoms with van der Waals surface area (Å²) in [6.45, 7) is 3.16. The molecule has 8 nitrogen and oxygen atoms in total. The third kappa shape index (κ3) is 4.50. The maximum atomic E-state index is 13.1. The van der Waals surface area contributed by atoms with Gasteiger partial charge in [0, 0.05) is 25.6 Å². The number of hydrogen-bond acceptors (Lipinski definition) is 5. The molecule has 2 heterocycles. The highest BCUT2D eigenvalue weighted by atomic mass is 16.6. The van der Waals surface area contributed by atoms with Gasteiger partial charge in [0.15, 0.2) is 6.10 Å². The van der Waals surface area contributed by atoms with Crippen molar-refractivity contribution in [3.63, 3.8) is 0 Å². The van der Waals surface area contributed by atoms with Gasteiger partial charge in [-0.2, -0.15) is 0 Å². The number of piperidine rings is 1. The molecule has 2 aliphatic heterocycles. The van der Waals surface area contributed by atoms with E-state index in [9.17, 15) is 19.5 Å². The van der Waals surface area contributed by atoms with Gasteiger partial charge in [-0.05, 0) is 41.0 Å². The van der Waals surface area contributed by atoms with Gasteiger partial charge in [-0.25, -0.2) is 4.79 Å². The van der Waals surface area contributed by atoms with Gasteiger partial charge in [0.1, 0.15) is 6.61 Å². The predicted molar refractivity (Wildman–Crippen MR) is 128 cm³/mol. The SMILES string of the molecule is CC1CN(C(=O)[C@H]2OCC[C@H]2NC(=O)OCC2c3ccccc3-c3ccccc32)CCC1C(=O)O. The summed E-state index contributed by atoms with van der Waals surface area (Å²) in [5.41, 5.74) is 4.59. The second kappa shape index (κ2) is 9.70. The molecule has 2 unspecified atom stereocenters. The maximum Gasteiger partial charge on any atom is 0.407 e. The number of benzene rings is 2. The molecule has 5 rings (SSSR count). The van der Waals surface area contributed by atoms with Crippen molar-refractivity contribution in [2.45, 2.75) is 37.8 Å². The van der Waals surface area contributed by atoms with Crippen molar-refractivity contribution < 1.29 is 29.0 Å². The zero-order chi connectivity index (χ0) is 24.5. The van der Waals surface area contributed by atoms with E-state index >= 15 is 0 Å². The van der Waals surface area contributed by atoms with Crippen LogP contribution >= 0.6 is 0 Å². The van der Waals surface area contributed by atoms with Crippen molar-refractivity contribution in [3.8, 4) is 11.1 Å². The fraction of sp³-hybridized carbons (Fsp3) is 0.444. The van der Waals surface area contributed by atoms with Crippen LogP contribution in [0, 0.1) is 11.8 Å². The second-order valence-electron chi connectivity index (χ2n) is 9.65. The normalized spacial score (nSPS) is 25.6. The van der Waals surface area contributed by atoms with Crippen LogP contribution in [0.5, 0.6) is 0 Å². The first kappa shape index (κ1) is 23.4. The standard InChI is InChI=1S/C27H30N2O6/c1-16-14-29(12-10-17(16)26(31)32)25(30)24-23(11-13-34-24)28-27(33)35-15-22-20-8-4-2-6-18(20)19-7-3-5-9-21(19)22/h2-9,16-17,22-24H,10-15H2,1H3,(H,28,33)(H,31,32)/t16?,17?,23-,24+/m1/s1. The lowest BCUT2D eigenvalue weighted by Crippen LogP contribution is -2.53. The minimum atomic E-state index is -0.823. The molecule has 4 atom stereocenters. The molecular formula is C27H30N2O6. The van der Waals surface area contributed by atoms with Crippen LogP contribution in [0.2, 0.25) is 0 Å². The first-order chi connectivity index (χ1) is 16.9. The van der Waals surface area contributed by atoms with Gasteiger partial charge < -0.3 is 24.8 Å². The third-order valence-corrected chi connectivity index (χ3v) is 7.52. The van der Waals surface area contributed by atoms with Gasteiger partial charge in [-0.3, -0.25) is 9.59 Å². The van der Waals surface area contributed by atoms with Crippen molar-refractivity contribution in [2.75, 3.05) is 26.3 Å². The Morgan fingerprint density at radius 1 is 1.06 bits per heavy atom. The van der Waals surface area contributed by atoms with Crippen molar-refractivity contribution in [1.29, 1.82) is 0 Å². The predicted octanol–water partition coefficient (Wildman–Crippen LogP) is 3.25. The number of carboxylic acid groups (broad SMARTS) is 1. The Morgan fingerprint density at radius 2 is 1.71 bits per heavy atom. The molecule has 35 heavy (non-hydrogen) atoms. The number of aliphatic carboxylic acids is 1. The highest BCUT2D eigenvalue weighted by molar-refractivity contribution is 5.83. The molecule has 2 saturated heterocycles. The van der Waals surface area contributed by atoms with E-state index in [0.717, 1.165) is 22.3 Å². The summed E-state index contributed by atoms with van der Waals surface area (Å²) in [5.74, 6) is -1.65. The molecule has 0 radical (unpaired) electrons. The number of nitrogens with one attached hydrogen (secondary N) is 1. The number of carboxylic acids is 1. The average molecular weight is 479 g/mol. The number of nitrogens with zero attached hydrogens (tertiary/aromatic N) is 1. The lowest BCUT2D eigenvalue weighted by Gasteiger charge is -2.36. The summed E-state index contributed by atoms with van der Waals surface area (Å²) in [6.07, 6.45) is -0.427. The number of carbonyl (C=O) groups excluding carboxylic acids is 2. The zero-order valence-electron chi connectivity index (χ0n) is 19.7. The Balaban J connectivity index is 1.19. The molecule has 2 aromatic rings. The minimum Gasteiger partial charge on any atom is -0.481 e. The van der Waals surface area contributed by atoms with Crippen molar-refractivity contribution in [1.82, 2.24) is 10.2 Å². The molecule has 8 heteroatoms. The summed E-state index contributed by atoms with van der Waals surface area (Å²) in [5, 5.41) is 12.2. The fourth-order valence-corrected chi connectivity index (χ4v) is 5.66. The molecule has 0 bridgehead atoms. The zero-order valence-corrected chi connectivity index (χ0v) is 19.7. The summed E-state index contributed by atoms with van der Waals surface area (Å²) >= 11 is 0. The highest BCUT2D eigenvalue weighted by Gasteiger charge is 2.41. The summed E-state index contributed by atoms with van der Waals surface area (Å²) in [4.78, 5) is 38.9. The maximum absolute atomic E-state index is 13.1. The highest BCUT2D eigenvalue weighted by Crippen LogP contribution is 2.44. The number of amides is 2. The van der Waals surface area contributed by atoms with E-state index in [4.69, 9.17) is 9.47 Å². The van der Waals surface area contributed by atoms with E-state index in [2.05, 4.69) is 29.6 Å². The molecule has 2 N–H and O–H groups in total. The molecular weight excluding hydrogens is 448 g/mol. The van der Waals surface area contributed by atoms with Crippen molar-refractivity contribution in [2.24, 2.45) is 11.8 Å². The van der Waals surface area contributed by atoms with Gasteiger partial charge in [0.05, 0.1) is 12.0 Å². The number of carbonyl (C=O) groups is 3. The molecule has 2 aromatic carbocycles. The first-order valence-corrected chi connectivity index (χ1v) is 12.2. The van der Waals surface area contributed by atoms with Gasteiger partial charge >= 0.3 is 12.1 Å². The first-order valence-electron chi connectivity index (χ1n) is 12.2. The Kier molecular flexibility index (Phi) is 6.47. The molecule has 2 fully saturated rings. The number of ether oxygens (including phenoxy) is 2. The van der Waals surface area contributed by atoms with Crippen molar-refractivity contribution in [3.05, 3.63) is 59.7 Å². The molecule has 2 amide bonds. The number of rotatable bonds is 5. The Bertz CT molecular complexity index is 1090. The number of alkyl carbamates (subject to hydrolysis) is 1. The lowest BCUT2D eigenvalue weighted by atomic mass is 9.86. The van der Waals surface area contributed by atoms with Crippen molar-refractivity contribution >= 4 is 18.0 Å². The van der Waals surface area contributed by atoms with E-state index in [-0.39, 0.29) is 24.3 Å². The smallest absolute Gasteiger partial charge is 0.407 e. The van der Waals surface area contributed by atoms with E-state index in [0.29, 0.717) is 32.5 Å². The molecule has 184 valence electrons. The summed E-state index contributed by atoms with van der Waals surface area (Å²) in [6, 6.07) is 15.8. The number of hydrogen-bond donors (Lipinski definition) is 2. The largest absolute Gasteiger partial charge is 0.481 e. The average Bonchev–Trinajstić information content (AvgIpc) is 3.44. The fourth-order valence-electron chi connectivity index (χ4n) is 5.66. The van der Waals surface area contributed by atoms with E-state index in [1.165, 1.54) is 0 Å². The van der Waals surface area contributed by atoms with Crippen LogP contribution in [-0.4, -0.2) is 66.4 Å². The second-order valence-corrected chi connectivity index (χ2v) is 9.65. The van der Waals surface area contributed by atoms with Gasteiger partial charge in [0.25, 0.3) is 5.91 Å². The van der Waals surface area contributed by atoms with Gasteiger partial charge in [-0.1, -0.05) is 55.5 Å². The summed E-state index contributed by atoms with van der Waals surface area (Å²) < 4.78 is 11.3. The quantitative estimate of drug-likeness (QED) is 0.684. The number of fused-ring (bicyclic) bond motifs is 3. The van der Waals surface area contributed by atoms with Crippen LogP contribution in [0.4, 0.5) is 4.79 Å².